The molecule has 0 aromatic heterocycles. The molecule has 1 N–H and O–H groups in total. The number of hydrogen-bond acceptors (Lipinski definition) is 4. The first-order chi connectivity index (χ1) is 12.1. The number of halogens is 1. The molecule has 0 fully saturated rings. The Kier molecular flexibility index (Phi) is 8.25. The third-order valence-electron chi connectivity index (χ3n) is 3.80. The van der Waals surface area contributed by atoms with E-state index >= 15 is 0 Å². The number of benzene rings is 2. The van der Waals surface area contributed by atoms with Gasteiger partial charge in [-0.05, 0) is 72.8 Å². The van der Waals surface area contributed by atoms with Crippen LogP contribution in [0.3, 0.4) is 0 Å². The summed E-state index contributed by atoms with van der Waals surface area (Å²) in [5.41, 5.74) is 2.30. The van der Waals surface area contributed by atoms with Crippen molar-refractivity contribution < 1.29 is 9.47 Å². The lowest BCUT2D eigenvalue weighted by Gasteiger charge is -2.15. The normalized spacial score (nSPS) is 10.9. The quantitative estimate of drug-likeness (QED) is 0.602. The van der Waals surface area contributed by atoms with Crippen LogP contribution in [-0.4, -0.2) is 39.2 Å². The smallest absolute Gasteiger partial charge is 0.175 e. The van der Waals surface area contributed by atoms with Crippen molar-refractivity contribution >= 4 is 15.9 Å². The summed E-state index contributed by atoms with van der Waals surface area (Å²) in [5.74, 6) is 1.48. The van der Waals surface area contributed by atoms with Gasteiger partial charge in [0.15, 0.2) is 11.5 Å². The second-order valence-electron chi connectivity index (χ2n) is 6.22. The molecule has 0 bridgehead atoms. The Hall–Kier alpha value is -1.56. The Morgan fingerprint density at radius 3 is 2.52 bits per heavy atom. The lowest BCUT2D eigenvalue weighted by atomic mass is 10.2. The van der Waals surface area contributed by atoms with Crippen LogP contribution in [0.25, 0.3) is 0 Å². The summed E-state index contributed by atoms with van der Waals surface area (Å²) in [6, 6.07) is 14.2. The van der Waals surface area contributed by atoms with Crippen molar-refractivity contribution in [2.24, 2.45) is 0 Å². The monoisotopic (exact) mass is 406 g/mol. The lowest BCUT2D eigenvalue weighted by molar-refractivity contribution is 0.282. The Morgan fingerprint density at radius 1 is 1.08 bits per heavy atom. The first kappa shape index (κ1) is 19.8. The van der Waals surface area contributed by atoms with Crippen LogP contribution in [0.2, 0.25) is 0 Å². The molecule has 0 amide bonds. The highest BCUT2D eigenvalue weighted by molar-refractivity contribution is 9.10. The molecule has 0 aliphatic carbocycles. The van der Waals surface area contributed by atoms with E-state index in [1.807, 2.05) is 36.4 Å². The molecule has 0 saturated carbocycles. The van der Waals surface area contributed by atoms with E-state index in [-0.39, 0.29) is 0 Å². The highest BCUT2D eigenvalue weighted by Gasteiger charge is 2.12. The van der Waals surface area contributed by atoms with E-state index < -0.39 is 0 Å². The van der Waals surface area contributed by atoms with Gasteiger partial charge in [-0.2, -0.15) is 0 Å². The molecule has 25 heavy (non-hydrogen) atoms. The van der Waals surface area contributed by atoms with Crippen LogP contribution in [0.4, 0.5) is 0 Å². The van der Waals surface area contributed by atoms with Crippen molar-refractivity contribution in [2.45, 2.75) is 19.6 Å². The number of methoxy groups -OCH3 is 1. The predicted molar refractivity (Wildman–Crippen MR) is 106 cm³/mol. The zero-order valence-electron chi connectivity index (χ0n) is 15.2. The zero-order valence-corrected chi connectivity index (χ0v) is 16.8. The van der Waals surface area contributed by atoms with Gasteiger partial charge >= 0.3 is 0 Å². The van der Waals surface area contributed by atoms with Gasteiger partial charge < -0.3 is 19.7 Å². The lowest BCUT2D eigenvalue weighted by Crippen LogP contribution is -2.21. The second kappa shape index (κ2) is 10.4. The van der Waals surface area contributed by atoms with Crippen molar-refractivity contribution in [3.8, 4) is 11.5 Å². The fraction of sp³-hybridized carbons (Fsp3) is 0.400. The number of nitrogens with one attached hydrogen (secondary N) is 1. The van der Waals surface area contributed by atoms with Crippen LogP contribution in [0.5, 0.6) is 11.5 Å². The van der Waals surface area contributed by atoms with Gasteiger partial charge in [-0.25, -0.2) is 0 Å². The summed E-state index contributed by atoms with van der Waals surface area (Å²) in [4.78, 5) is 2.19. The fourth-order valence-electron chi connectivity index (χ4n) is 2.50. The highest BCUT2D eigenvalue weighted by atomic mass is 79.9. The van der Waals surface area contributed by atoms with Gasteiger partial charge in [-0.3, -0.25) is 0 Å². The first-order valence-electron chi connectivity index (χ1n) is 8.48. The Labute approximate surface area is 159 Å². The first-order valence-corrected chi connectivity index (χ1v) is 9.28. The van der Waals surface area contributed by atoms with Crippen molar-refractivity contribution in [1.29, 1.82) is 0 Å². The van der Waals surface area contributed by atoms with Crippen molar-refractivity contribution in [1.82, 2.24) is 10.2 Å². The Morgan fingerprint density at radius 2 is 1.84 bits per heavy atom. The van der Waals surface area contributed by atoms with E-state index in [4.69, 9.17) is 9.47 Å². The summed E-state index contributed by atoms with van der Waals surface area (Å²) in [5, 5.41) is 3.47. The molecule has 2 rings (SSSR count). The summed E-state index contributed by atoms with van der Waals surface area (Å²) >= 11 is 3.61. The average Bonchev–Trinajstić information content (AvgIpc) is 2.60. The number of ether oxygens (including phenoxy) is 2. The van der Waals surface area contributed by atoms with Crippen molar-refractivity contribution in [3.05, 3.63) is 58.1 Å². The van der Waals surface area contributed by atoms with E-state index in [2.05, 4.69) is 46.3 Å². The molecule has 0 heterocycles. The van der Waals surface area contributed by atoms with Gasteiger partial charge in [0.25, 0.3) is 0 Å². The minimum Gasteiger partial charge on any atom is -0.493 e. The van der Waals surface area contributed by atoms with E-state index in [0.29, 0.717) is 6.61 Å². The summed E-state index contributed by atoms with van der Waals surface area (Å²) in [6.45, 7) is 3.40. The van der Waals surface area contributed by atoms with Crippen LogP contribution < -0.4 is 14.8 Å². The minimum absolute atomic E-state index is 0.512. The molecule has 0 atom stereocenters. The molecule has 4 nitrogen and oxygen atoms in total. The summed E-state index contributed by atoms with van der Waals surface area (Å²) in [6.07, 6.45) is 1.13. The van der Waals surface area contributed by atoms with Gasteiger partial charge in [-0.1, -0.05) is 30.3 Å². The maximum Gasteiger partial charge on any atom is 0.175 e. The van der Waals surface area contributed by atoms with E-state index in [9.17, 15) is 0 Å². The van der Waals surface area contributed by atoms with Crippen LogP contribution in [0.1, 0.15) is 17.5 Å². The SMILES string of the molecule is COc1cc(CNCCCN(C)C)cc(Br)c1OCc1ccccc1. The van der Waals surface area contributed by atoms with E-state index in [1.54, 1.807) is 7.11 Å². The van der Waals surface area contributed by atoms with Crippen LogP contribution in [-0.2, 0) is 13.2 Å². The Balaban J connectivity index is 1.95. The van der Waals surface area contributed by atoms with Crippen molar-refractivity contribution in [2.75, 3.05) is 34.3 Å². The van der Waals surface area contributed by atoms with Gasteiger partial charge in [0.05, 0.1) is 11.6 Å². The third kappa shape index (κ3) is 6.69. The molecule has 0 aliphatic rings. The largest absolute Gasteiger partial charge is 0.493 e. The topological polar surface area (TPSA) is 33.7 Å². The van der Waals surface area contributed by atoms with Crippen molar-refractivity contribution in [3.63, 3.8) is 0 Å². The number of rotatable bonds is 10. The molecule has 0 unspecified atom stereocenters. The van der Waals surface area contributed by atoms with E-state index in [0.717, 1.165) is 47.6 Å². The summed E-state index contributed by atoms with van der Waals surface area (Å²) in [7, 11) is 5.86. The van der Waals surface area contributed by atoms with Crippen LogP contribution in [0, 0.1) is 0 Å². The highest BCUT2D eigenvalue weighted by Crippen LogP contribution is 2.37. The molecule has 2 aromatic rings. The third-order valence-corrected chi connectivity index (χ3v) is 4.39. The maximum atomic E-state index is 5.97. The van der Waals surface area contributed by atoms with Gasteiger partial charge in [0.1, 0.15) is 6.61 Å². The predicted octanol–water partition coefficient (Wildman–Crippen LogP) is 4.08. The number of nitrogens with zero attached hydrogens (tertiary/aromatic N) is 1. The van der Waals surface area contributed by atoms with Gasteiger partial charge in [-0.15, -0.1) is 0 Å². The summed E-state index contributed by atoms with van der Waals surface area (Å²) < 4.78 is 12.4. The molecular formula is C20H27BrN2O2. The molecule has 0 spiro atoms. The van der Waals surface area contributed by atoms with E-state index in [1.165, 1.54) is 5.56 Å². The van der Waals surface area contributed by atoms with Crippen LogP contribution in [0.15, 0.2) is 46.9 Å². The molecule has 0 aliphatic heterocycles. The maximum absolute atomic E-state index is 5.97. The minimum atomic E-state index is 0.512. The molecule has 136 valence electrons. The Bertz CT molecular complexity index is 648. The molecule has 0 saturated heterocycles. The van der Waals surface area contributed by atoms with Crippen LogP contribution >= 0.6 is 15.9 Å². The fourth-order valence-corrected chi connectivity index (χ4v) is 3.10. The number of hydrogen-bond donors (Lipinski definition) is 1. The standard InChI is InChI=1S/C20H27BrN2O2/c1-23(2)11-7-10-22-14-17-12-18(21)20(19(13-17)24-3)25-15-16-8-5-4-6-9-16/h4-6,8-9,12-13,22H,7,10-11,14-15H2,1-3H3. The second-order valence-corrected chi connectivity index (χ2v) is 7.07. The average molecular weight is 407 g/mol. The van der Waals surface area contributed by atoms with Gasteiger partial charge in [0, 0.05) is 6.54 Å². The molecule has 5 heteroatoms. The molecule has 0 radical (unpaired) electrons. The van der Waals surface area contributed by atoms with Gasteiger partial charge in [0.2, 0.25) is 0 Å². The molecular weight excluding hydrogens is 380 g/mol. The zero-order chi connectivity index (χ0) is 18.1. The molecule has 2 aromatic carbocycles.